The third-order valence-electron chi connectivity index (χ3n) is 6.10. The Hall–Kier alpha value is -2.95. The second-order valence-corrected chi connectivity index (χ2v) is 10.1. The van der Waals surface area contributed by atoms with E-state index in [0.29, 0.717) is 52.0 Å². The molecule has 192 valence electrons. The van der Waals surface area contributed by atoms with Gasteiger partial charge in [-0.15, -0.1) is 0 Å². The van der Waals surface area contributed by atoms with E-state index in [4.69, 9.17) is 0 Å². The Balaban J connectivity index is 1.58. The predicted octanol–water partition coefficient (Wildman–Crippen LogP) is 2.84. The third kappa shape index (κ3) is 8.61. The Morgan fingerprint density at radius 2 is 1.81 bits per heavy atom. The zero-order chi connectivity index (χ0) is 25.9. The van der Waals surface area contributed by atoms with E-state index < -0.39 is 6.04 Å². The number of rotatable bonds is 11. The predicted molar refractivity (Wildman–Crippen MR) is 150 cm³/mol. The molecular formula is C27H34IN5O3. The monoisotopic (exact) mass is 603 g/mol. The Morgan fingerprint density at radius 1 is 1.08 bits per heavy atom. The molecule has 1 fully saturated rings. The molecule has 9 heteroatoms. The van der Waals surface area contributed by atoms with E-state index >= 15 is 0 Å². The second-order valence-electron chi connectivity index (χ2n) is 8.86. The number of carbonyl (C=O) groups excluding carboxylic acids is 3. The van der Waals surface area contributed by atoms with Gasteiger partial charge >= 0.3 is 0 Å². The smallest absolute Gasteiger partial charge is 0.245 e. The van der Waals surface area contributed by atoms with E-state index in [-0.39, 0.29) is 24.1 Å². The number of nitrogens with one attached hydrogen (secondary N) is 2. The average Bonchev–Trinajstić information content (AvgIpc) is 2.88. The van der Waals surface area contributed by atoms with E-state index in [1.807, 2.05) is 54.3 Å². The normalized spacial score (nSPS) is 14.2. The lowest BCUT2D eigenvalue weighted by Crippen LogP contribution is -2.55. The van der Waals surface area contributed by atoms with Crippen molar-refractivity contribution in [3.63, 3.8) is 0 Å². The summed E-state index contributed by atoms with van der Waals surface area (Å²) in [6.45, 7) is 8.46. The van der Waals surface area contributed by atoms with Crippen LogP contribution in [0.3, 0.4) is 0 Å². The van der Waals surface area contributed by atoms with Crippen LogP contribution in [0.2, 0.25) is 0 Å². The van der Waals surface area contributed by atoms with Gasteiger partial charge in [0.25, 0.3) is 0 Å². The van der Waals surface area contributed by atoms with Crippen molar-refractivity contribution in [3.05, 3.63) is 69.9 Å². The highest BCUT2D eigenvalue weighted by atomic mass is 127. The van der Waals surface area contributed by atoms with Crippen LogP contribution in [0.5, 0.6) is 0 Å². The summed E-state index contributed by atoms with van der Waals surface area (Å²) >= 11 is 2.23. The highest BCUT2D eigenvalue weighted by Crippen LogP contribution is 2.16. The molecule has 1 saturated heterocycles. The van der Waals surface area contributed by atoms with Gasteiger partial charge in [0.15, 0.2) is 0 Å². The van der Waals surface area contributed by atoms with Crippen LogP contribution in [-0.2, 0) is 20.8 Å². The van der Waals surface area contributed by atoms with Crippen LogP contribution in [-0.4, -0.2) is 66.4 Å². The zero-order valence-corrected chi connectivity index (χ0v) is 22.9. The topological polar surface area (TPSA) is 94.6 Å². The van der Waals surface area contributed by atoms with Gasteiger partial charge in [-0.2, -0.15) is 0 Å². The fourth-order valence-corrected chi connectivity index (χ4v) is 4.49. The van der Waals surface area contributed by atoms with Gasteiger partial charge in [0, 0.05) is 42.0 Å². The fourth-order valence-electron chi connectivity index (χ4n) is 4.13. The maximum atomic E-state index is 13.4. The summed E-state index contributed by atoms with van der Waals surface area (Å²) in [6, 6.07) is 13.1. The van der Waals surface area contributed by atoms with E-state index in [0.717, 1.165) is 20.6 Å². The van der Waals surface area contributed by atoms with Gasteiger partial charge in [-0.25, -0.2) is 4.98 Å². The molecule has 0 spiro atoms. The van der Waals surface area contributed by atoms with Crippen LogP contribution in [0.1, 0.15) is 30.5 Å². The number of benzene rings is 1. The number of aromatic nitrogens is 1. The number of amides is 3. The van der Waals surface area contributed by atoms with Crippen molar-refractivity contribution < 1.29 is 14.4 Å². The number of hydrogen-bond donors (Lipinski definition) is 2. The summed E-state index contributed by atoms with van der Waals surface area (Å²) in [7, 11) is 0. The van der Waals surface area contributed by atoms with Gasteiger partial charge in [0.1, 0.15) is 11.9 Å². The van der Waals surface area contributed by atoms with Gasteiger partial charge in [-0.3, -0.25) is 14.4 Å². The van der Waals surface area contributed by atoms with Crippen LogP contribution in [0.15, 0.2) is 55.1 Å². The second kappa shape index (κ2) is 14.0. The summed E-state index contributed by atoms with van der Waals surface area (Å²) in [5.74, 6) is 0.482. The molecule has 3 amide bonds. The highest BCUT2D eigenvalue weighted by Gasteiger charge is 2.28. The van der Waals surface area contributed by atoms with E-state index in [9.17, 15) is 14.4 Å². The van der Waals surface area contributed by atoms with Crippen molar-refractivity contribution in [2.24, 2.45) is 0 Å². The van der Waals surface area contributed by atoms with Crippen molar-refractivity contribution in [2.75, 3.05) is 37.6 Å². The largest absolute Gasteiger partial charge is 0.353 e. The molecule has 0 bridgehead atoms. The maximum absolute atomic E-state index is 13.4. The number of anilines is 1. The van der Waals surface area contributed by atoms with E-state index in [1.165, 1.54) is 6.08 Å². The first-order valence-corrected chi connectivity index (χ1v) is 13.3. The summed E-state index contributed by atoms with van der Waals surface area (Å²) in [5, 5.41) is 5.73. The minimum Gasteiger partial charge on any atom is -0.353 e. The molecule has 8 nitrogen and oxygen atoms in total. The lowest BCUT2D eigenvalue weighted by molar-refractivity contribution is -0.136. The summed E-state index contributed by atoms with van der Waals surface area (Å²) < 4.78 is 1.10. The van der Waals surface area contributed by atoms with Crippen LogP contribution < -0.4 is 15.5 Å². The number of halogens is 1. The van der Waals surface area contributed by atoms with Gasteiger partial charge in [-0.1, -0.05) is 24.8 Å². The molecule has 1 aliphatic heterocycles. The van der Waals surface area contributed by atoms with Crippen molar-refractivity contribution in [3.8, 4) is 0 Å². The van der Waals surface area contributed by atoms with Gasteiger partial charge < -0.3 is 20.4 Å². The van der Waals surface area contributed by atoms with Crippen molar-refractivity contribution in [1.82, 2.24) is 20.5 Å². The molecule has 2 aromatic rings. The standard InChI is InChI=1S/C27H34IN5O3/c1-3-25(34)29-14-5-4-8-23(31-26(35)19-21-10-12-22(28)13-11-21)27(36)33-17-15-32(16-18-33)24-9-6-7-20(2)30-24/h3,6-7,9-13,23H,1,4-5,8,14-19H2,2H3,(H,29,34)(H,31,35)/t23-/m0/s1. The lowest BCUT2D eigenvalue weighted by Gasteiger charge is -2.37. The number of aryl methyl sites for hydroxylation is 1. The molecule has 3 rings (SSSR count). The lowest BCUT2D eigenvalue weighted by atomic mass is 10.1. The van der Waals surface area contributed by atoms with Crippen molar-refractivity contribution in [1.29, 1.82) is 0 Å². The van der Waals surface area contributed by atoms with Crippen LogP contribution >= 0.6 is 22.6 Å². The molecule has 0 aliphatic carbocycles. The van der Waals surface area contributed by atoms with Gasteiger partial charge in [0.05, 0.1) is 6.42 Å². The van der Waals surface area contributed by atoms with Crippen LogP contribution in [0.25, 0.3) is 0 Å². The molecular weight excluding hydrogens is 569 g/mol. The number of pyridine rings is 1. The van der Waals surface area contributed by atoms with Gasteiger partial charge in [-0.05, 0) is 84.7 Å². The SMILES string of the molecule is C=CC(=O)NCCCC[C@H](NC(=O)Cc1ccc(I)cc1)C(=O)N1CCN(c2cccc(C)n2)CC1. The van der Waals surface area contributed by atoms with Crippen LogP contribution in [0, 0.1) is 10.5 Å². The summed E-state index contributed by atoms with van der Waals surface area (Å²) in [5.41, 5.74) is 1.87. The number of carbonyl (C=O) groups is 3. The Kier molecular flexibility index (Phi) is 10.7. The fraction of sp³-hybridized carbons (Fsp3) is 0.407. The molecule has 1 aromatic heterocycles. The molecule has 1 aliphatic rings. The minimum atomic E-state index is -0.597. The minimum absolute atomic E-state index is 0.0575. The first kappa shape index (κ1) is 27.6. The quantitative estimate of drug-likeness (QED) is 0.234. The molecule has 0 saturated carbocycles. The number of unbranched alkanes of at least 4 members (excludes halogenated alkanes) is 1. The third-order valence-corrected chi connectivity index (χ3v) is 6.82. The number of piperazine rings is 1. The van der Waals surface area contributed by atoms with Crippen molar-refractivity contribution >= 4 is 46.1 Å². The van der Waals surface area contributed by atoms with Crippen molar-refractivity contribution in [2.45, 2.75) is 38.6 Å². The average molecular weight is 604 g/mol. The molecule has 1 atom stereocenters. The first-order chi connectivity index (χ1) is 17.4. The van der Waals surface area contributed by atoms with E-state index in [1.54, 1.807) is 0 Å². The Labute approximate surface area is 226 Å². The molecule has 36 heavy (non-hydrogen) atoms. The Morgan fingerprint density at radius 3 is 2.47 bits per heavy atom. The van der Waals surface area contributed by atoms with Gasteiger partial charge in [0.2, 0.25) is 17.7 Å². The summed E-state index contributed by atoms with van der Waals surface area (Å²) in [6.07, 6.45) is 3.39. The maximum Gasteiger partial charge on any atom is 0.245 e. The van der Waals surface area contributed by atoms with Crippen LogP contribution in [0.4, 0.5) is 5.82 Å². The molecule has 0 radical (unpaired) electrons. The number of nitrogens with zero attached hydrogens (tertiary/aromatic N) is 3. The van der Waals surface area contributed by atoms with E-state index in [2.05, 4.69) is 49.7 Å². The molecule has 2 N–H and O–H groups in total. The zero-order valence-electron chi connectivity index (χ0n) is 20.7. The number of hydrogen-bond acceptors (Lipinski definition) is 5. The summed E-state index contributed by atoms with van der Waals surface area (Å²) in [4.78, 5) is 46.2. The Bertz CT molecular complexity index is 1050. The highest BCUT2D eigenvalue weighted by molar-refractivity contribution is 14.1. The first-order valence-electron chi connectivity index (χ1n) is 12.3. The molecule has 1 aromatic carbocycles. The molecule has 2 heterocycles. The molecule has 0 unspecified atom stereocenters.